The van der Waals surface area contributed by atoms with Gasteiger partial charge in [0.2, 0.25) is 0 Å². The van der Waals surface area contributed by atoms with E-state index in [1.165, 1.54) is 76.6 Å². The molecule has 0 radical (unpaired) electrons. The maximum Gasteiger partial charge on any atom is 0.160 e. The molecule has 0 saturated heterocycles. The maximum absolute atomic E-state index is 5.14. The third-order valence-electron chi connectivity index (χ3n) is 12.8. The van der Waals surface area contributed by atoms with Crippen LogP contribution < -0.4 is 0 Å². The van der Waals surface area contributed by atoms with E-state index in [-0.39, 0.29) is 5.41 Å². The minimum atomic E-state index is 0.142. The average molecular weight is 770 g/mol. The maximum atomic E-state index is 5.14. The summed E-state index contributed by atoms with van der Waals surface area (Å²) >= 11 is 0. The molecule has 0 unspecified atom stereocenters. The second-order valence-corrected chi connectivity index (χ2v) is 16.3. The zero-order valence-corrected chi connectivity index (χ0v) is 33.4. The number of fused-ring (bicyclic) bond motifs is 5. The lowest BCUT2D eigenvalue weighted by Crippen LogP contribution is -2.28. The highest BCUT2D eigenvalue weighted by atomic mass is 14.9. The van der Waals surface area contributed by atoms with Crippen LogP contribution >= 0.6 is 0 Å². The molecular formula is C57H43N3. The lowest BCUT2D eigenvalue weighted by atomic mass is 9.67. The Morgan fingerprint density at radius 1 is 0.333 bits per heavy atom. The Hall–Kier alpha value is -7.23. The second-order valence-electron chi connectivity index (χ2n) is 16.3. The van der Waals surface area contributed by atoms with Crippen molar-refractivity contribution in [2.75, 3.05) is 0 Å². The molecular weight excluding hydrogens is 727 g/mol. The van der Waals surface area contributed by atoms with Crippen LogP contribution in [0.15, 0.2) is 200 Å². The first-order chi connectivity index (χ1) is 29.7. The third kappa shape index (κ3) is 6.53. The monoisotopic (exact) mass is 769 g/mol. The summed E-state index contributed by atoms with van der Waals surface area (Å²) in [6.45, 7) is 0. The highest BCUT2D eigenvalue weighted by molar-refractivity contribution is 5.85. The summed E-state index contributed by atoms with van der Waals surface area (Å²) < 4.78 is 0. The van der Waals surface area contributed by atoms with Crippen LogP contribution in [0.1, 0.15) is 43.2 Å². The fourth-order valence-electron chi connectivity index (χ4n) is 9.77. The van der Waals surface area contributed by atoms with E-state index in [1.807, 2.05) is 30.5 Å². The number of hydrogen-bond donors (Lipinski definition) is 0. The quantitative estimate of drug-likeness (QED) is 0.162. The lowest BCUT2D eigenvalue weighted by molar-refractivity contribution is 0.353. The summed E-state index contributed by atoms with van der Waals surface area (Å²) in [7, 11) is 0. The van der Waals surface area contributed by atoms with Gasteiger partial charge < -0.3 is 0 Å². The van der Waals surface area contributed by atoms with Crippen LogP contribution in [0.5, 0.6) is 0 Å². The zero-order valence-electron chi connectivity index (χ0n) is 33.4. The molecule has 9 aromatic rings. The molecule has 286 valence electrons. The molecule has 2 aliphatic rings. The zero-order chi connectivity index (χ0) is 39.9. The minimum absolute atomic E-state index is 0.142. The molecule has 0 bridgehead atoms. The molecule has 3 nitrogen and oxygen atoms in total. The Morgan fingerprint density at radius 3 is 1.52 bits per heavy atom. The molecule has 0 N–H and O–H groups in total. The van der Waals surface area contributed by atoms with Crippen molar-refractivity contribution in [1.82, 2.24) is 15.0 Å². The van der Waals surface area contributed by atoms with E-state index in [0.717, 1.165) is 50.3 Å². The molecule has 2 aromatic heterocycles. The fourth-order valence-corrected chi connectivity index (χ4v) is 9.77. The number of nitrogens with zero attached hydrogens (tertiary/aromatic N) is 3. The van der Waals surface area contributed by atoms with Gasteiger partial charge in [-0.3, -0.25) is 4.98 Å². The van der Waals surface area contributed by atoms with Crippen LogP contribution in [-0.4, -0.2) is 15.0 Å². The molecule has 2 aliphatic carbocycles. The number of benzene rings is 7. The van der Waals surface area contributed by atoms with Gasteiger partial charge in [-0.25, -0.2) is 9.97 Å². The summed E-state index contributed by atoms with van der Waals surface area (Å²) in [6, 6.07) is 68.1. The van der Waals surface area contributed by atoms with Gasteiger partial charge in [0.1, 0.15) is 0 Å². The Bertz CT molecular complexity index is 3000. The molecule has 2 heterocycles. The van der Waals surface area contributed by atoms with Crippen LogP contribution in [-0.2, 0) is 5.41 Å². The van der Waals surface area contributed by atoms with Crippen molar-refractivity contribution in [3.63, 3.8) is 0 Å². The van der Waals surface area contributed by atoms with Crippen molar-refractivity contribution >= 4 is 0 Å². The van der Waals surface area contributed by atoms with Gasteiger partial charge in [-0.1, -0.05) is 171 Å². The van der Waals surface area contributed by atoms with E-state index in [0.29, 0.717) is 5.82 Å². The van der Waals surface area contributed by atoms with E-state index in [2.05, 4.69) is 169 Å². The summed E-state index contributed by atoms with van der Waals surface area (Å²) in [4.78, 5) is 14.5. The molecule has 3 heteroatoms. The molecule has 0 atom stereocenters. The van der Waals surface area contributed by atoms with E-state index in [4.69, 9.17) is 9.97 Å². The summed E-state index contributed by atoms with van der Waals surface area (Å²) in [5.41, 5.74) is 20.4. The predicted molar refractivity (Wildman–Crippen MR) is 247 cm³/mol. The smallest absolute Gasteiger partial charge is 0.160 e. The van der Waals surface area contributed by atoms with Crippen LogP contribution in [0, 0.1) is 0 Å². The van der Waals surface area contributed by atoms with Gasteiger partial charge in [-0.05, 0) is 116 Å². The first kappa shape index (κ1) is 35.9. The van der Waals surface area contributed by atoms with Crippen molar-refractivity contribution in [2.45, 2.75) is 37.5 Å². The van der Waals surface area contributed by atoms with Crippen LogP contribution in [0.4, 0.5) is 0 Å². The Balaban J connectivity index is 0.923. The lowest BCUT2D eigenvalue weighted by Gasteiger charge is -2.36. The van der Waals surface area contributed by atoms with Crippen molar-refractivity contribution in [3.8, 4) is 89.5 Å². The molecule has 1 saturated carbocycles. The largest absolute Gasteiger partial charge is 0.264 e. The van der Waals surface area contributed by atoms with Crippen molar-refractivity contribution in [2.24, 2.45) is 0 Å². The average Bonchev–Trinajstić information content (AvgIpc) is 3.60. The molecule has 11 rings (SSSR count). The number of pyridine rings is 1. The Morgan fingerprint density at radius 2 is 0.850 bits per heavy atom. The van der Waals surface area contributed by atoms with E-state index >= 15 is 0 Å². The second kappa shape index (κ2) is 15.2. The summed E-state index contributed by atoms with van der Waals surface area (Å²) in [6.07, 6.45) is 10.1. The first-order valence-electron chi connectivity index (χ1n) is 21.2. The molecule has 1 spiro atoms. The van der Waals surface area contributed by atoms with Gasteiger partial charge in [-0.15, -0.1) is 0 Å². The Labute approximate surface area is 352 Å². The number of hydrogen-bond acceptors (Lipinski definition) is 3. The summed E-state index contributed by atoms with van der Waals surface area (Å²) in [5, 5.41) is 0. The SMILES string of the molecule is c1ccc(-c2nc(-c3ccc(-c4cccnc4)cc3)cc(-c3cccc(-c4cccc(-c5cccc(-c6ccc7c(c6)C6(CCCCC6)c6ccccc6-7)c5)c4)c3)n2)cc1. The molecule has 1 fully saturated rings. The molecule has 0 amide bonds. The van der Waals surface area contributed by atoms with E-state index in [1.54, 1.807) is 6.20 Å². The van der Waals surface area contributed by atoms with Crippen LogP contribution in [0.25, 0.3) is 89.5 Å². The molecule has 60 heavy (non-hydrogen) atoms. The van der Waals surface area contributed by atoms with Gasteiger partial charge >= 0.3 is 0 Å². The van der Waals surface area contributed by atoms with Crippen molar-refractivity contribution in [1.29, 1.82) is 0 Å². The Kier molecular flexibility index (Phi) is 9.08. The number of aromatic nitrogens is 3. The summed E-state index contributed by atoms with van der Waals surface area (Å²) in [5.74, 6) is 0.702. The van der Waals surface area contributed by atoms with Crippen LogP contribution in [0.3, 0.4) is 0 Å². The fraction of sp³-hybridized carbons (Fsp3) is 0.105. The van der Waals surface area contributed by atoms with E-state index < -0.39 is 0 Å². The normalized spacial score (nSPS) is 13.8. The van der Waals surface area contributed by atoms with Crippen molar-refractivity contribution < 1.29 is 0 Å². The first-order valence-corrected chi connectivity index (χ1v) is 21.2. The van der Waals surface area contributed by atoms with E-state index in [9.17, 15) is 0 Å². The van der Waals surface area contributed by atoms with Gasteiger partial charge in [0.25, 0.3) is 0 Å². The van der Waals surface area contributed by atoms with Crippen LogP contribution in [0.2, 0.25) is 0 Å². The van der Waals surface area contributed by atoms with Gasteiger partial charge in [0.15, 0.2) is 5.82 Å². The minimum Gasteiger partial charge on any atom is -0.264 e. The predicted octanol–water partition coefficient (Wildman–Crippen LogP) is 14.8. The van der Waals surface area contributed by atoms with Crippen molar-refractivity contribution in [3.05, 3.63) is 212 Å². The highest BCUT2D eigenvalue weighted by Gasteiger charge is 2.43. The molecule has 7 aromatic carbocycles. The standard InChI is InChI=1S/C57H43N3/c1-3-13-41(14-4-1)56-59-54(40-26-24-39(25-27-40)49-21-12-32-58-38-49)37-55(60-56)48-20-11-19-46(35-48)44-17-9-15-42(33-44)43-16-10-18-45(34-43)47-28-29-51-50-22-5-6-23-52(50)57(53(51)36-47)30-7-2-8-31-57/h1,3-6,9-29,32-38H,2,7-8,30-31H2. The van der Waals surface area contributed by atoms with Gasteiger partial charge in [0.05, 0.1) is 11.4 Å². The molecule has 0 aliphatic heterocycles. The number of rotatable bonds is 7. The third-order valence-corrected chi connectivity index (χ3v) is 12.8. The highest BCUT2D eigenvalue weighted by Crippen LogP contribution is 2.56. The topological polar surface area (TPSA) is 38.7 Å². The van der Waals surface area contributed by atoms with Gasteiger partial charge in [-0.2, -0.15) is 0 Å². The van der Waals surface area contributed by atoms with Gasteiger partial charge in [0, 0.05) is 34.5 Å².